The molecular weight excluding hydrogens is 342 g/mol. The number of benzene rings is 2. The number of hydrogen-bond donors (Lipinski definition) is 2. The Hall–Kier alpha value is -3.28. The maximum atomic E-state index is 12.5. The third-order valence-corrected chi connectivity index (χ3v) is 4.95. The first-order chi connectivity index (χ1) is 13.0. The van der Waals surface area contributed by atoms with Crippen molar-refractivity contribution in [3.05, 3.63) is 59.3 Å². The van der Waals surface area contributed by atoms with E-state index in [1.165, 1.54) is 0 Å². The first-order valence-electron chi connectivity index (χ1n) is 8.90. The van der Waals surface area contributed by atoms with E-state index in [1.54, 1.807) is 18.9 Å². The van der Waals surface area contributed by atoms with Gasteiger partial charge in [-0.25, -0.2) is 0 Å². The highest BCUT2D eigenvalue weighted by molar-refractivity contribution is 5.98. The van der Waals surface area contributed by atoms with Gasteiger partial charge >= 0.3 is 0 Å². The molecule has 2 amide bonds. The van der Waals surface area contributed by atoms with Gasteiger partial charge in [-0.05, 0) is 41.8 Å². The number of nitrogens with zero attached hydrogens (tertiary/aromatic N) is 1. The van der Waals surface area contributed by atoms with Crippen molar-refractivity contribution in [2.75, 3.05) is 18.6 Å². The Morgan fingerprint density at radius 3 is 2.81 bits per heavy atom. The molecule has 6 nitrogen and oxygen atoms in total. The standard InChI is InChI=1S/C21H21N3O3/c1-13(25)24-8-7-16-9-14(3-6-20(16)24)12-22-21(26)19-10-15-4-5-17(27-2)11-18(15)23-19/h3-6,9-11,23H,7-8,12H2,1-2H3,(H,22,26). The van der Waals surface area contributed by atoms with Gasteiger partial charge in [-0.1, -0.05) is 12.1 Å². The number of aromatic amines is 1. The molecule has 0 atom stereocenters. The Morgan fingerprint density at radius 1 is 1.19 bits per heavy atom. The van der Waals surface area contributed by atoms with Crippen LogP contribution in [0.2, 0.25) is 0 Å². The van der Waals surface area contributed by atoms with Crippen LogP contribution in [0.5, 0.6) is 5.75 Å². The molecule has 2 aromatic carbocycles. The van der Waals surface area contributed by atoms with Crippen LogP contribution in [0.1, 0.15) is 28.5 Å². The van der Waals surface area contributed by atoms with Gasteiger partial charge in [-0.15, -0.1) is 0 Å². The summed E-state index contributed by atoms with van der Waals surface area (Å²) in [5, 5.41) is 3.91. The number of rotatable bonds is 4. The van der Waals surface area contributed by atoms with Crippen LogP contribution in [0.15, 0.2) is 42.5 Å². The Labute approximate surface area is 157 Å². The number of hydrogen-bond acceptors (Lipinski definition) is 3. The molecule has 1 aromatic heterocycles. The van der Waals surface area contributed by atoms with E-state index in [0.29, 0.717) is 12.2 Å². The second-order valence-electron chi connectivity index (χ2n) is 6.70. The van der Waals surface area contributed by atoms with Gasteiger partial charge < -0.3 is 19.9 Å². The minimum absolute atomic E-state index is 0.0604. The molecule has 2 heterocycles. The fraction of sp³-hybridized carbons (Fsp3) is 0.238. The van der Waals surface area contributed by atoms with Gasteiger partial charge in [-0.2, -0.15) is 0 Å². The summed E-state index contributed by atoms with van der Waals surface area (Å²) in [6, 6.07) is 13.5. The number of carbonyl (C=O) groups is 2. The Balaban J connectivity index is 1.46. The summed E-state index contributed by atoms with van der Waals surface area (Å²) < 4.78 is 5.21. The lowest BCUT2D eigenvalue weighted by atomic mass is 10.1. The summed E-state index contributed by atoms with van der Waals surface area (Å²) in [7, 11) is 1.62. The number of anilines is 1. The molecule has 2 N–H and O–H groups in total. The van der Waals surface area contributed by atoms with E-state index in [1.807, 2.05) is 36.4 Å². The lowest BCUT2D eigenvalue weighted by molar-refractivity contribution is -0.116. The van der Waals surface area contributed by atoms with Crippen LogP contribution < -0.4 is 15.0 Å². The molecule has 0 saturated heterocycles. The molecule has 1 aliphatic rings. The summed E-state index contributed by atoms with van der Waals surface area (Å²) >= 11 is 0. The number of amides is 2. The summed E-state index contributed by atoms with van der Waals surface area (Å²) in [5.41, 5.74) is 4.52. The summed E-state index contributed by atoms with van der Waals surface area (Å²) in [6.45, 7) is 2.74. The Morgan fingerprint density at radius 2 is 2.04 bits per heavy atom. The van der Waals surface area contributed by atoms with Gasteiger partial charge in [0.25, 0.3) is 5.91 Å². The number of aromatic nitrogens is 1. The molecule has 0 saturated carbocycles. The van der Waals surface area contributed by atoms with Crippen LogP contribution >= 0.6 is 0 Å². The number of H-pyrrole nitrogens is 1. The predicted molar refractivity (Wildman–Crippen MR) is 104 cm³/mol. The van der Waals surface area contributed by atoms with Gasteiger partial charge in [0.15, 0.2) is 0 Å². The largest absolute Gasteiger partial charge is 0.497 e. The first-order valence-corrected chi connectivity index (χ1v) is 8.90. The third-order valence-electron chi connectivity index (χ3n) is 4.95. The van der Waals surface area contributed by atoms with E-state index < -0.39 is 0 Å². The van der Waals surface area contributed by atoms with Crippen molar-refractivity contribution < 1.29 is 14.3 Å². The monoisotopic (exact) mass is 363 g/mol. The molecule has 3 aromatic rings. The van der Waals surface area contributed by atoms with E-state index in [9.17, 15) is 9.59 Å². The molecule has 138 valence electrons. The normalized spacial score (nSPS) is 12.9. The van der Waals surface area contributed by atoms with Gasteiger partial charge in [0.05, 0.1) is 7.11 Å². The van der Waals surface area contributed by atoms with Crippen LogP contribution in [0.4, 0.5) is 5.69 Å². The molecule has 27 heavy (non-hydrogen) atoms. The van der Waals surface area contributed by atoms with E-state index in [0.717, 1.165) is 46.4 Å². The average molecular weight is 363 g/mol. The van der Waals surface area contributed by atoms with Crippen molar-refractivity contribution in [2.45, 2.75) is 19.9 Å². The molecule has 0 fully saturated rings. The number of methoxy groups -OCH3 is 1. The summed E-state index contributed by atoms with van der Waals surface area (Å²) in [5.74, 6) is 0.648. The highest BCUT2D eigenvalue weighted by Gasteiger charge is 2.22. The van der Waals surface area contributed by atoms with Crippen LogP contribution in [0.3, 0.4) is 0 Å². The fourth-order valence-corrected chi connectivity index (χ4v) is 3.53. The van der Waals surface area contributed by atoms with Gasteiger partial charge in [-0.3, -0.25) is 9.59 Å². The van der Waals surface area contributed by atoms with Crippen LogP contribution in [-0.4, -0.2) is 30.5 Å². The van der Waals surface area contributed by atoms with Gasteiger partial charge in [0.1, 0.15) is 11.4 Å². The zero-order valence-corrected chi connectivity index (χ0v) is 15.3. The molecule has 6 heteroatoms. The minimum Gasteiger partial charge on any atom is -0.497 e. The highest BCUT2D eigenvalue weighted by Crippen LogP contribution is 2.29. The van der Waals surface area contributed by atoms with Crippen molar-refractivity contribution >= 4 is 28.4 Å². The Bertz CT molecular complexity index is 1040. The quantitative estimate of drug-likeness (QED) is 0.748. The number of nitrogens with one attached hydrogen (secondary N) is 2. The van der Waals surface area contributed by atoms with Crippen LogP contribution in [-0.2, 0) is 17.8 Å². The number of fused-ring (bicyclic) bond motifs is 2. The number of ether oxygens (including phenoxy) is 1. The van der Waals surface area contributed by atoms with Gasteiger partial charge in [0.2, 0.25) is 5.91 Å². The van der Waals surface area contributed by atoms with Crippen LogP contribution in [0, 0.1) is 0 Å². The SMILES string of the molecule is COc1ccc2cc(C(=O)NCc3ccc4c(c3)CCN4C(C)=O)[nH]c2c1. The smallest absolute Gasteiger partial charge is 0.267 e. The fourth-order valence-electron chi connectivity index (χ4n) is 3.53. The molecule has 0 spiro atoms. The minimum atomic E-state index is -0.156. The summed E-state index contributed by atoms with van der Waals surface area (Å²) in [4.78, 5) is 29.0. The second-order valence-corrected chi connectivity index (χ2v) is 6.70. The highest BCUT2D eigenvalue weighted by atomic mass is 16.5. The van der Waals surface area contributed by atoms with Gasteiger partial charge in [0, 0.05) is 42.7 Å². The van der Waals surface area contributed by atoms with E-state index >= 15 is 0 Å². The molecule has 0 aliphatic carbocycles. The topological polar surface area (TPSA) is 74.4 Å². The molecule has 0 radical (unpaired) electrons. The summed E-state index contributed by atoms with van der Waals surface area (Å²) in [6.07, 6.45) is 0.848. The van der Waals surface area contributed by atoms with E-state index in [2.05, 4.69) is 16.4 Å². The molecule has 0 unspecified atom stereocenters. The van der Waals surface area contributed by atoms with Crippen LogP contribution in [0.25, 0.3) is 10.9 Å². The lowest BCUT2D eigenvalue weighted by Gasteiger charge is -2.15. The average Bonchev–Trinajstić information content (AvgIpc) is 3.28. The zero-order chi connectivity index (χ0) is 19.0. The molecule has 4 rings (SSSR count). The maximum absolute atomic E-state index is 12.5. The Kier molecular flexibility index (Phi) is 4.32. The predicted octanol–water partition coefficient (Wildman–Crippen LogP) is 3.02. The first kappa shape index (κ1) is 17.1. The molecular formula is C21H21N3O3. The molecule has 1 aliphatic heterocycles. The van der Waals surface area contributed by atoms with E-state index in [-0.39, 0.29) is 11.8 Å². The van der Waals surface area contributed by atoms with E-state index in [4.69, 9.17) is 4.74 Å². The second kappa shape index (κ2) is 6.79. The number of carbonyl (C=O) groups excluding carboxylic acids is 2. The van der Waals surface area contributed by atoms with Crippen molar-refractivity contribution in [1.82, 2.24) is 10.3 Å². The molecule has 0 bridgehead atoms. The van der Waals surface area contributed by atoms with Crippen molar-refractivity contribution in [3.8, 4) is 5.75 Å². The lowest BCUT2D eigenvalue weighted by Crippen LogP contribution is -2.25. The van der Waals surface area contributed by atoms with Crippen molar-refractivity contribution in [2.24, 2.45) is 0 Å². The van der Waals surface area contributed by atoms with Crippen molar-refractivity contribution in [1.29, 1.82) is 0 Å². The third kappa shape index (κ3) is 3.26. The van der Waals surface area contributed by atoms with Crippen molar-refractivity contribution in [3.63, 3.8) is 0 Å². The zero-order valence-electron chi connectivity index (χ0n) is 15.3. The maximum Gasteiger partial charge on any atom is 0.267 e.